The number of nitrogens with one attached hydrogen (secondary N) is 1. The first kappa shape index (κ1) is 18.8. The third-order valence-corrected chi connectivity index (χ3v) is 5.67. The number of hydrogen-bond donors (Lipinski definition) is 3. The molecular formula is C18H24ClN3O4. The first-order valence-corrected chi connectivity index (χ1v) is 9.18. The van der Waals surface area contributed by atoms with E-state index < -0.39 is 5.97 Å². The fraction of sp³-hybridized carbons (Fsp3) is 0.556. The van der Waals surface area contributed by atoms with Crippen molar-refractivity contribution in [3.8, 4) is 5.75 Å². The molecule has 0 radical (unpaired) electrons. The van der Waals surface area contributed by atoms with Crippen molar-refractivity contribution in [2.45, 2.75) is 50.2 Å². The Bertz CT molecular complexity index is 698. The number of hydrogen-bond acceptors (Lipinski definition) is 5. The molecule has 1 aromatic rings. The molecule has 0 aliphatic carbocycles. The lowest BCUT2D eigenvalue weighted by Crippen LogP contribution is -2.58. The fourth-order valence-electron chi connectivity index (χ4n) is 4.19. The van der Waals surface area contributed by atoms with E-state index in [0.29, 0.717) is 22.0 Å². The van der Waals surface area contributed by atoms with Crippen LogP contribution in [-0.2, 0) is 4.79 Å². The third kappa shape index (κ3) is 3.88. The van der Waals surface area contributed by atoms with Gasteiger partial charge in [-0.3, -0.25) is 14.5 Å². The van der Waals surface area contributed by atoms with E-state index in [9.17, 15) is 9.59 Å². The number of ether oxygens (including phenoxy) is 1. The number of amides is 1. The predicted octanol–water partition coefficient (Wildman–Crippen LogP) is 2.13. The molecular weight excluding hydrogens is 358 g/mol. The lowest BCUT2D eigenvalue weighted by Gasteiger charge is -2.48. The molecule has 7 nitrogen and oxygen atoms in total. The van der Waals surface area contributed by atoms with Gasteiger partial charge >= 0.3 is 5.97 Å². The Kier molecular flexibility index (Phi) is 5.58. The molecule has 142 valence electrons. The summed E-state index contributed by atoms with van der Waals surface area (Å²) in [6, 6.07) is 3.46. The standard InChI is InChI=1S/C18H24ClN3O4/c1-26-16-8-15(20)14(19)7-13(16)18(25)21-10-5-11-3-2-4-12(6-10)22(11)9-17(23)24/h7-8,10-12H,2-6,9,20H2,1H3,(H,21,25)(H,23,24)/t10?,11-,12+. The summed E-state index contributed by atoms with van der Waals surface area (Å²) < 4.78 is 5.25. The zero-order valence-corrected chi connectivity index (χ0v) is 15.5. The summed E-state index contributed by atoms with van der Waals surface area (Å²) in [5, 5.41) is 12.5. The summed E-state index contributed by atoms with van der Waals surface area (Å²) in [6.07, 6.45) is 4.54. The van der Waals surface area contributed by atoms with Crippen LogP contribution < -0.4 is 15.8 Å². The largest absolute Gasteiger partial charge is 0.496 e. The molecule has 1 aromatic carbocycles. The molecule has 2 aliphatic rings. The number of halogens is 1. The van der Waals surface area contributed by atoms with Gasteiger partial charge in [-0.05, 0) is 31.7 Å². The van der Waals surface area contributed by atoms with E-state index in [-0.39, 0.29) is 30.6 Å². The van der Waals surface area contributed by atoms with Crippen molar-refractivity contribution in [2.24, 2.45) is 0 Å². The molecule has 3 rings (SSSR count). The number of piperidine rings is 2. The average molecular weight is 382 g/mol. The maximum absolute atomic E-state index is 12.7. The van der Waals surface area contributed by atoms with Gasteiger partial charge in [-0.15, -0.1) is 0 Å². The summed E-state index contributed by atoms with van der Waals surface area (Å²) in [6.45, 7) is 0.0669. The van der Waals surface area contributed by atoms with Crippen LogP contribution in [0.3, 0.4) is 0 Å². The van der Waals surface area contributed by atoms with E-state index in [1.807, 2.05) is 0 Å². The highest BCUT2D eigenvalue weighted by molar-refractivity contribution is 6.33. The van der Waals surface area contributed by atoms with Gasteiger partial charge in [0.25, 0.3) is 5.91 Å². The molecule has 0 aromatic heterocycles. The number of aliphatic carboxylic acids is 1. The summed E-state index contributed by atoms with van der Waals surface area (Å²) in [4.78, 5) is 25.9. The highest BCUT2D eigenvalue weighted by Crippen LogP contribution is 2.34. The molecule has 2 heterocycles. The van der Waals surface area contributed by atoms with Crippen LogP contribution in [0.1, 0.15) is 42.5 Å². The van der Waals surface area contributed by atoms with Crippen LogP contribution in [0.15, 0.2) is 12.1 Å². The van der Waals surface area contributed by atoms with Gasteiger partial charge in [0.05, 0.1) is 29.9 Å². The molecule has 1 amide bonds. The summed E-state index contributed by atoms with van der Waals surface area (Å²) in [5.74, 6) is -0.669. The number of anilines is 1. The Labute approximate surface area is 157 Å². The van der Waals surface area contributed by atoms with Gasteiger partial charge in [0.1, 0.15) is 5.75 Å². The molecule has 2 aliphatic heterocycles. The Hall–Kier alpha value is -1.99. The van der Waals surface area contributed by atoms with Gasteiger partial charge in [0.15, 0.2) is 0 Å². The van der Waals surface area contributed by atoms with Crippen molar-refractivity contribution in [1.82, 2.24) is 10.2 Å². The molecule has 26 heavy (non-hydrogen) atoms. The molecule has 2 fully saturated rings. The molecule has 3 atom stereocenters. The van der Waals surface area contributed by atoms with Crippen LogP contribution in [0, 0.1) is 0 Å². The highest BCUT2D eigenvalue weighted by Gasteiger charge is 2.39. The Morgan fingerprint density at radius 2 is 2.00 bits per heavy atom. The number of nitrogen functional groups attached to an aromatic ring is 1. The number of fused-ring (bicyclic) bond motifs is 2. The van der Waals surface area contributed by atoms with Gasteiger partial charge in [-0.1, -0.05) is 18.0 Å². The van der Waals surface area contributed by atoms with Crippen molar-refractivity contribution >= 4 is 29.2 Å². The van der Waals surface area contributed by atoms with Crippen LogP contribution in [0.5, 0.6) is 5.75 Å². The van der Waals surface area contributed by atoms with E-state index in [2.05, 4.69) is 10.2 Å². The Morgan fingerprint density at radius 3 is 2.58 bits per heavy atom. The summed E-state index contributed by atoms with van der Waals surface area (Å²) >= 11 is 6.05. The molecule has 0 saturated carbocycles. The zero-order chi connectivity index (χ0) is 18.8. The van der Waals surface area contributed by atoms with Crippen LogP contribution in [0.25, 0.3) is 0 Å². The number of carboxylic acid groups (broad SMARTS) is 1. The minimum atomic E-state index is -0.800. The number of rotatable bonds is 5. The lowest BCUT2D eigenvalue weighted by atomic mass is 9.81. The minimum absolute atomic E-state index is 0.00359. The van der Waals surface area contributed by atoms with Crippen LogP contribution in [-0.4, -0.2) is 53.7 Å². The minimum Gasteiger partial charge on any atom is -0.496 e. The SMILES string of the molecule is COc1cc(N)c(Cl)cc1C(=O)NC1C[C@H]2CCC[C@@H](C1)N2CC(=O)O. The molecule has 1 unspecified atom stereocenters. The third-order valence-electron chi connectivity index (χ3n) is 5.34. The quantitative estimate of drug-likeness (QED) is 0.675. The number of benzene rings is 1. The number of carboxylic acids is 1. The predicted molar refractivity (Wildman–Crippen MR) is 98.7 cm³/mol. The molecule has 2 bridgehead atoms. The van der Waals surface area contributed by atoms with Gasteiger partial charge in [0, 0.05) is 24.2 Å². The Balaban J connectivity index is 1.71. The number of nitrogens with two attached hydrogens (primary N) is 1. The average Bonchev–Trinajstić information content (AvgIpc) is 2.57. The van der Waals surface area contributed by atoms with Crippen LogP contribution in [0.2, 0.25) is 5.02 Å². The second kappa shape index (κ2) is 7.72. The van der Waals surface area contributed by atoms with Crippen molar-refractivity contribution in [1.29, 1.82) is 0 Å². The topological polar surface area (TPSA) is 105 Å². The Morgan fingerprint density at radius 1 is 1.35 bits per heavy atom. The van der Waals surface area contributed by atoms with Crippen molar-refractivity contribution in [3.05, 3.63) is 22.7 Å². The first-order chi connectivity index (χ1) is 12.4. The maximum Gasteiger partial charge on any atom is 0.317 e. The maximum atomic E-state index is 12.7. The van der Waals surface area contributed by atoms with Crippen molar-refractivity contribution in [2.75, 3.05) is 19.4 Å². The zero-order valence-electron chi connectivity index (χ0n) is 14.7. The van der Waals surface area contributed by atoms with E-state index in [1.165, 1.54) is 13.2 Å². The summed E-state index contributed by atoms with van der Waals surface area (Å²) in [5.41, 5.74) is 6.48. The van der Waals surface area contributed by atoms with E-state index in [1.54, 1.807) is 6.07 Å². The van der Waals surface area contributed by atoms with E-state index >= 15 is 0 Å². The monoisotopic (exact) mass is 381 g/mol. The van der Waals surface area contributed by atoms with Crippen molar-refractivity contribution < 1.29 is 19.4 Å². The van der Waals surface area contributed by atoms with E-state index in [0.717, 1.165) is 32.1 Å². The molecule has 0 spiro atoms. The second-order valence-electron chi connectivity index (χ2n) is 7.02. The highest BCUT2D eigenvalue weighted by atomic mass is 35.5. The van der Waals surface area contributed by atoms with Crippen molar-refractivity contribution in [3.63, 3.8) is 0 Å². The summed E-state index contributed by atoms with van der Waals surface area (Å²) in [7, 11) is 1.48. The second-order valence-corrected chi connectivity index (χ2v) is 7.43. The number of carbonyl (C=O) groups excluding carboxylic acids is 1. The normalized spacial score (nSPS) is 25.5. The molecule has 2 saturated heterocycles. The number of nitrogens with zero attached hydrogens (tertiary/aromatic N) is 1. The molecule has 8 heteroatoms. The van der Waals surface area contributed by atoms with Gasteiger partial charge in [-0.2, -0.15) is 0 Å². The smallest absolute Gasteiger partial charge is 0.317 e. The van der Waals surface area contributed by atoms with Gasteiger partial charge < -0.3 is 20.9 Å². The van der Waals surface area contributed by atoms with Crippen LogP contribution in [0.4, 0.5) is 5.69 Å². The number of methoxy groups -OCH3 is 1. The fourth-order valence-corrected chi connectivity index (χ4v) is 4.35. The lowest BCUT2D eigenvalue weighted by molar-refractivity contribution is -0.141. The van der Waals surface area contributed by atoms with Crippen LogP contribution >= 0.6 is 11.6 Å². The van der Waals surface area contributed by atoms with Gasteiger partial charge in [-0.25, -0.2) is 0 Å². The first-order valence-electron chi connectivity index (χ1n) is 8.80. The van der Waals surface area contributed by atoms with E-state index in [4.69, 9.17) is 27.2 Å². The number of carbonyl (C=O) groups is 2. The van der Waals surface area contributed by atoms with Gasteiger partial charge in [0.2, 0.25) is 0 Å². The molecule has 4 N–H and O–H groups in total.